The lowest BCUT2D eigenvalue weighted by Gasteiger charge is -2.10. The first kappa shape index (κ1) is 9.47. The maximum atomic E-state index is 11.0. The average molecular weight is 143 g/mol. The van der Waals surface area contributed by atoms with Gasteiger partial charge in [-0.1, -0.05) is 20.3 Å². The Morgan fingerprint density at radius 3 is 2.40 bits per heavy atom. The average Bonchev–Trinajstić information content (AvgIpc) is 1.99. The lowest BCUT2D eigenvalue weighted by molar-refractivity contribution is -0.124. The highest BCUT2D eigenvalue weighted by molar-refractivity contribution is 5.78. The van der Waals surface area contributed by atoms with Crippen LogP contribution >= 0.6 is 0 Å². The quantitative estimate of drug-likeness (QED) is 0.635. The Bertz CT molecular complexity index is 101. The molecule has 1 unspecified atom stereocenters. The fourth-order valence-corrected chi connectivity index (χ4v) is 1.07. The Morgan fingerprint density at radius 1 is 1.50 bits per heavy atom. The number of amides is 1. The van der Waals surface area contributed by atoms with Gasteiger partial charge in [0.25, 0.3) is 0 Å². The molecule has 0 aliphatic carbocycles. The van der Waals surface area contributed by atoms with Crippen LogP contribution in [-0.2, 0) is 4.79 Å². The third-order valence-electron chi connectivity index (χ3n) is 1.75. The smallest absolute Gasteiger partial charge is 0.222 e. The molecule has 0 rings (SSSR count). The molecule has 0 saturated carbocycles. The van der Waals surface area contributed by atoms with E-state index in [0.717, 1.165) is 19.3 Å². The fraction of sp³-hybridized carbons (Fsp3) is 0.875. The van der Waals surface area contributed by atoms with Crippen LogP contribution in [0.25, 0.3) is 0 Å². The molecule has 0 bridgehead atoms. The van der Waals surface area contributed by atoms with Gasteiger partial charge in [-0.05, 0) is 12.8 Å². The Hall–Kier alpha value is -0.530. The lowest BCUT2D eigenvalue weighted by Crippen LogP contribution is -2.26. The highest BCUT2D eigenvalue weighted by Gasteiger charge is 2.12. The first-order chi connectivity index (χ1) is 4.76. The van der Waals surface area contributed by atoms with E-state index in [0.29, 0.717) is 0 Å². The van der Waals surface area contributed by atoms with E-state index in [2.05, 4.69) is 19.2 Å². The zero-order valence-corrected chi connectivity index (χ0v) is 7.11. The summed E-state index contributed by atoms with van der Waals surface area (Å²) in [5.74, 6) is 0.416. The van der Waals surface area contributed by atoms with Crippen molar-refractivity contribution in [2.24, 2.45) is 5.92 Å². The van der Waals surface area contributed by atoms with Crippen molar-refractivity contribution >= 4 is 5.91 Å². The van der Waals surface area contributed by atoms with Crippen molar-refractivity contribution in [2.75, 3.05) is 7.05 Å². The summed E-state index contributed by atoms with van der Waals surface area (Å²) in [6, 6.07) is 0. The van der Waals surface area contributed by atoms with E-state index in [9.17, 15) is 4.79 Å². The normalized spacial score (nSPS) is 12.7. The SMILES string of the molecule is CCCC(CC)C(=O)NC. The molecule has 0 spiro atoms. The van der Waals surface area contributed by atoms with Crippen LogP contribution in [0.3, 0.4) is 0 Å². The molecule has 0 aromatic carbocycles. The molecule has 1 amide bonds. The predicted molar refractivity (Wildman–Crippen MR) is 42.8 cm³/mol. The number of hydrogen-bond acceptors (Lipinski definition) is 1. The van der Waals surface area contributed by atoms with Gasteiger partial charge in [0.15, 0.2) is 0 Å². The monoisotopic (exact) mass is 143 g/mol. The highest BCUT2D eigenvalue weighted by atomic mass is 16.1. The van der Waals surface area contributed by atoms with E-state index in [4.69, 9.17) is 0 Å². The minimum atomic E-state index is 0.185. The number of rotatable bonds is 4. The zero-order chi connectivity index (χ0) is 7.98. The van der Waals surface area contributed by atoms with E-state index in [-0.39, 0.29) is 11.8 Å². The predicted octanol–water partition coefficient (Wildman–Crippen LogP) is 1.56. The number of nitrogens with one attached hydrogen (secondary N) is 1. The molecule has 0 aliphatic heterocycles. The van der Waals surface area contributed by atoms with Crippen LogP contribution in [0.2, 0.25) is 0 Å². The van der Waals surface area contributed by atoms with Gasteiger partial charge in [0.1, 0.15) is 0 Å². The van der Waals surface area contributed by atoms with Crippen LogP contribution in [0.15, 0.2) is 0 Å². The van der Waals surface area contributed by atoms with Crippen molar-refractivity contribution in [3.05, 3.63) is 0 Å². The zero-order valence-electron chi connectivity index (χ0n) is 7.11. The van der Waals surface area contributed by atoms with Crippen LogP contribution in [-0.4, -0.2) is 13.0 Å². The van der Waals surface area contributed by atoms with Gasteiger partial charge in [0.05, 0.1) is 0 Å². The molecule has 10 heavy (non-hydrogen) atoms. The second-order valence-corrected chi connectivity index (χ2v) is 2.51. The molecule has 0 fully saturated rings. The highest BCUT2D eigenvalue weighted by Crippen LogP contribution is 2.09. The van der Waals surface area contributed by atoms with Gasteiger partial charge in [0.2, 0.25) is 5.91 Å². The van der Waals surface area contributed by atoms with Crippen LogP contribution in [0.4, 0.5) is 0 Å². The van der Waals surface area contributed by atoms with Gasteiger partial charge in [-0.3, -0.25) is 4.79 Å². The molecule has 0 radical (unpaired) electrons. The largest absolute Gasteiger partial charge is 0.359 e. The van der Waals surface area contributed by atoms with E-state index >= 15 is 0 Å². The first-order valence-corrected chi connectivity index (χ1v) is 3.97. The van der Waals surface area contributed by atoms with E-state index in [1.54, 1.807) is 7.05 Å². The fourth-order valence-electron chi connectivity index (χ4n) is 1.07. The second kappa shape index (κ2) is 5.27. The number of carbonyl (C=O) groups is 1. The Balaban J connectivity index is 3.68. The molecule has 1 atom stereocenters. The van der Waals surface area contributed by atoms with Crippen molar-refractivity contribution in [3.8, 4) is 0 Å². The number of carbonyl (C=O) groups excluding carboxylic acids is 1. The van der Waals surface area contributed by atoms with Crippen LogP contribution < -0.4 is 5.32 Å². The summed E-state index contributed by atoms with van der Waals surface area (Å²) < 4.78 is 0. The van der Waals surface area contributed by atoms with Crippen molar-refractivity contribution in [1.82, 2.24) is 5.32 Å². The maximum absolute atomic E-state index is 11.0. The van der Waals surface area contributed by atoms with Gasteiger partial charge in [0, 0.05) is 13.0 Å². The van der Waals surface area contributed by atoms with E-state index in [1.807, 2.05) is 0 Å². The van der Waals surface area contributed by atoms with Gasteiger partial charge in [-0.25, -0.2) is 0 Å². The second-order valence-electron chi connectivity index (χ2n) is 2.51. The summed E-state index contributed by atoms with van der Waals surface area (Å²) in [7, 11) is 1.70. The summed E-state index contributed by atoms with van der Waals surface area (Å²) in [6.45, 7) is 4.15. The minimum Gasteiger partial charge on any atom is -0.359 e. The molecule has 0 aliphatic rings. The summed E-state index contributed by atoms with van der Waals surface area (Å²) in [5, 5.41) is 2.66. The molecular formula is C8H17NO. The minimum absolute atomic E-state index is 0.185. The Kier molecular flexibility index (Phi) is 4.99. The summed E-state index contributed by atoms with van der Waals surface area (Å²) >= 11 is 0. The molecule has 0 aromatic rings. The van der Waals surface area contributed by atoms with E-state index in [1.165, 1.54) is 0 Å². The van der Waals surface area contributed by atoms with Gasteiger partial charge in [-0.2, -0.15) is 0 Å². The standard InChI is InChI=1S/C8H17NO/c1-4-6-7(5-2)8(10)9-3/h7H,4-6H2,1-3H3,(H,9,10). The van der Waals surface area contributed by atoms with Crippen LogP contribution in [0.5, 0.6) is 0 Å². The molecular weight excluding hydrogens is 126 g/mol. The summed E-state index contributed by atoms with van der Waals surface area (Å²) in [5.41, 5.74) is 0. The van der Waals surface area contributed by atoms with Crippen molar-refractivity contribution in [1.29, 1.82) is 0 Å². The first-order valence-electron chi connectivity index (χ1n) is 3.97. The number of hydrogen-bond donors (Lipinski definition) is 1. The Labute approximate surface area is 63.0 Å². The molecule has 60 valence electrons. The van der Waals surface area contributed by atoms with Gasteiger partial charge in [-0.15, -0.1) is 0 Å². The van der Waals surface area contributed by atoms with Gasteiger partial charge >= 0.3 is 0 Å². The third-order valence-corrected chi connectivity index (χ3v) is 1.75. The maximum Gasteiger partial charge on any atom is 0.222 e. The topological polar surface area (TPSA) is 29.1 Å². The van der Waals surface area contributed by atoms with Crippen LogP contribution in [0, 0.1) is 5.92 Å². The molecule has 0 saturated heterocycles. The van der Waals surface area contributed by atoms with Crippen LogP contribution in [0.1, 0.15) is 33.1 Å². The van der Waals surface area contributed by atoms with Crippen molar-refractivity contribution < 1.29 is 4.79 Å². The molecule has 0 aromatic heterocycles. The molecule has 1 N–H and O–H groups in total. The Morgan fingerprint density at radius 2 is 2.10 bits per heavy atom. The molecule has 0 heterocycles. The van der Waals surface area contributed by atoms with E-state index < -0.39 is 0 Å². The summed E-state index contributed by atoms with van der Waals surface area (Å²) in [4.78, 5) is 11.0. The van der Waals surface area contributed by atoms with Crippen molar-refractivity contribution in [2.45, 2.75) is 33.1 Å². The molecule has 2 heteroatoms. The van der Waals surface area contributed by atoms with Crippen molar-refractivity contribution in [3.63, 3.8) is 0 Å². The molecule has 2 nitrogen and oxygen atoms in total. The summed E-state index contributed by atoms with van der Waals surface area (Å²) in [6.07, 6.45) is 3.05. The lowest BCUT2D eigenvalue weighted by atomic mass is 10.0. The third kappa shape index (κ3) is 2.85. The van der Waals surface area contributed by atoms with Gasteiger partial charge < -0.3 is 5.32 Å².